The van der Waals surface area contributed by atoms with Crippen LogP contribution in [0.15, 0.2) is 101 Å². The van der Waals surface area contributed by atoms with Crippen LogP contribution in [0.3, 0.4) is 0 Å². The molecule has 0 atom stereocenters. The maximum Gasteiger partial charge on any atom is 0.246 e. The first kappa shape index (κ1) is 23.9. The molecule has 8 nitrogen and oxygen atoms in total. The maximum atomic E-state index is 13.1. The average molecular weight is 507 g/mol. The third kappa shape index (κ3) is 5.24. The third-order valence-corrected chi connectivity index (χ3v) is 6.67. The van der Waals surface area contributed by atoms with Gasteiger partial charge in [0.2, 0.25) is 17.7 Å². The molecule has 9 heteroatoms. The Morgan fingerprint density at radius 3 is 2.22 bits per heavy atom. The first-order valence-electron chi connectivity index (χ1n) is 11.5. The fourth-order valence-corrected chi connectivity index (χ4v) is 4.79. The summed E-state index contributed by atoms with van der Waals surface area (Å²) in [6, 6.07) is 31.1. The first-order valence-corrected chi connectivity index (χ1v) is 12.5. The van der Waals surface area contributed by atoms with Crippen molar-refractivity contribution in [2.45, 2.75) is 17.5 Å². The minimum absolute atomic E-state index is 0.0790. The number of rotatable bonds is 8. The highest BCUT2D eigenvalue weighted by molar-refractivity contribution is 7.98. The molecule has 0 unspecified atom stereocenters. The largest absolute Gasteiger partial charge is 0.438 e. The lowest BCUT2D eigenvalue weighted by Crippen LogP contribution is -2.20. The number of carbonyl (C=O) groups is 1. The zero-order valence-corrected chi connectivity index (χ0v) is 20.5. The van der Waals surface area contributed by atoms with Gasteiger partial charge in [0.1, 0.15) is 23.9 Å². The average Bonchev–Trinajstić information content (AvgIpc) is 3.48. The van der Waals surface area contributed by atoms with Crippen molar-refractivity contribution in [3.63, 3.8) is 0 Å². The van der Waals surface area contributed by atoms with Crippen molar-refractivity contribution in [3.8, 4) is 28.5 Å². The summed E-state index contributed by atoms with van der Waals surface area (Å²) in [5, 5.41) is 21.4. The van der Waals surface area contributed by atoms with Gasteiger partial charge < -0.3 is 10.2 Å². The molecule has 0 radical (unpaired) electrons. The number of thioether (sulfide) groups is 1. The number of furan rings is 1. The van der Waals surface area contributed by atoms with Gasteiger partial charge in [-0.15, -0.1) is 10.2 Å². The molecule has 0 saturated heterocycles. The van der Waals surface area contributed by atoms with Crippen LogP contribution >= 0.6 is 11.8 Å². The summed E-state index contributed by atoms with van der Waals surface area (Å²) in [4.78, 5) is 13.1. The molecule has 0 saturated carbocycles. The van der Waals surface area contributed by atoms with E-state index in [4.69, 9.17) is 10.2 Å². The van der Waals surface area contributed by atoms with Crippen LogP contribution in [0.1, 0.15) is 11.1 Å². The number of hydrogen-bond donors (Lipinski definition) is 2. The third-order valence-electron chi connectivity index (χ3n) is 5.63. The smallest absolute Gasteiger partial charge is 0.246 e. The maximum absolute atomic E-state index is 13.1. The molecule has 3 N–H and O–H groups in total. The molecule has 5 aromatic rings. The number of anilines is 2. The van der Waals surface area contributed by atoms with Gasteiger partial charge in [-0.25, -0.2) is 0 Å². The number of aromatic nitrogens is 3. The van der Waals surface area contributed by atoms with E-state index in [0.29, 0.717) is 22.2 Å². The molecule has 0 spiro atoms. The zero-order valence-electron chi connectivity index (χ0n) is 19.7. The molecule has 2 aromatic heterocycles. The molecular formula is C28H22N6O2S. The Hall–Kier alpha value is -4.81. The second kappa shape index (κ2) is 10.8. The van der Waals surface area contributed by atoms with Crippen LogP contribution in [-0.4, -0.2) is 20.7 Å². The van der Waals surface area contributed by atoms with Crippen LogP contribution in [0.2, 0.25) is 0 Å². The number of nitrogens with one attached hydrogen (secondary N) is 1. The second-order valence-electron chi connectivity index (χ2n) is 8.10. The van der Waals surface area contributed by atoms with E-state index >= 15 is 0 Å². The van der Waals surface area contributed by atoms with Gasteiger partial charge in [-0.3, -0.25) is 14.7 Å². The number of carbonyl (C=O) groups excluding carboxylic acids is 1. The van der Waals surface area contributed by atoms with E-state index in [-0.39, 0.29) is 23.9 Å². The van der Waals surface area contributed by atoms with Gasteiger partial charge in [0.15, 0.2) is 5.16 Å². The fourth-order valence-electron chi connectivity index (χ4n) is 3.89. The van der Waals surface area contributed by atoms with Crippen LogP contribution in [0.4, 0.5) is 11.8 Å². The normalized spacial score (nSPS) is 10.7. The van der Waals surface area contributed by atoms with Gasteiger partial charge in [0.25, 0.3) is 0 Å². The Morgan fingerprint density at radius 1 is 0.946 bits per heavy atom. The summed E-state index contributed by atoms with van der Waals surface area (Å²) in [5.41, 5.74) is 9.59. The predicted molar refractivity (Wildman–Crippen MR) is 143 cm³/mol. The van der Waals surface area contributed by atoms with Gasteiger partial charge in [0, 0.05) is 16.9 Å². The van der Waals surface area contributed by atoms with Crippen LogP contribution in [0, 0.1) is 11.3 Å². The molecule has 0 bridgehead atoms. The fraction of sp³-hybridized carbons (Fsp3) is 0.0714. The van der Waals surface area contributed by atoms with Crippen molar-refractivity contribution in [2.24, 2.45) is 0 Å². The SMILES string of the molecule is N#Cc1c(NC(=O)Cn2c(N)nnc2SCc2ccccc2)oc(-c2ccccc2)c1-c1ccccc1. The highest BCUT2D eigenvalue weighted by atomic mass is 32.2. The summed E-state index contributed by atoms with van der Waals surface area (Å²) in [7, 11) is 0. The minimum atomic E-state index is -0.419. The molecular weight excluding hydrogens is 484 g/mol. The van der Waals surface area contributed by atoms with Gasteiger partial charge in [-0.2, -0.15) is 5.26 Å². The van der Waals surface area contributed by atoms with E-state index in [0.717, 1.165) is 16.7 Å². The predicted octanol–water partition coefficient (Wildman–Crippen LogP) is 5.59. The topological polar surface area (TPSA) is 123 Å². The lowest BCUT2D eigenvalue weighted by molar-refractivity contribution is -0.116. The highest BCUT2D eigenvalue weighted by Crippen LogP contribution is 2.41. The summed E-state index contributed by atoms with van der Waals surface area (Å²) in [5.74, 6) is 0.938. The number of nitrogens with two attached hydrogens (primary N) is 1. The van der Waals surface area contributed by atoms with Crippen LogP contribution < -0.4 is 11.1 Å². The van der Waals surface area contributed by atoms with Crippen molar-refractivity contribution >= 4 is 29.5 Å². The molecule has 1 amide bonds. The Morgan fingerprint density at radius 2 is 1.57 bits per heavy atom. The molecule has 37 heavy (non-hydrogen) atoms. The number of nitriles is 1. The number of nitrogens with zero attached hydrogens (tertiary/aromatic N) is 4. The number of benzene rings is 3. The van der Waals surface area contributed by atoms with Crippen LogP contribution in [-0.2, 0) is 17.1 Å². The Kier molecular flexibility index (Phi) is 7.01. The minimum Gasteiger partial charge on any atom is -0.438 e. The number of nitrogen functional groups attached to an aromatic ring is 1. The molecule has 182 valence electrons. The Balaban J connectivity index is 1.42. The van der Waals surface area contributed by atoms with E-state index in [1.807, 2.05) is 91.0 Å². The molecule has 0 fully saturated rings. The first-order chi connectivity index (χ1) is 18.1. The number of hydrogen-bond acceptors (Lipinski definition) is 7. The summed E-state index contributed by atoms with van der Waals surface area (Å²) >= 11 is 1.43. The molecule has 0 aliphatic heterocycles. The zero-order chi connectivity index (χ0) is 25.6. The van der Waals surface area contributed by atoms with Crippen molar-refractivity contribution in [3.05, 3.63) is 102 Å². The van der Waals surface area contributed by atoms with Crippen molar-refractivity contribution in [1.29, 1.82) is 5.26 Å². The molecule has 3 aromatic carbocycles. The van der Waals surface area contributed by atoms with Crippen molar-refractivity contribution < 1.29 is 9.21 Å². The summed E-state index contributed by atoms with van der Waals surface area (Å²) < 4.78 is 7.64. The Bertz CT molecular complexity index is 1560. The lowest BCUT2D eigenvalue weighted by atomic mass is 9.98. The summed E-state index contributed by atoms with van der Waals surface area (Å²) in [6.07, 6.45) is 0. The molecule has 0 aliphatic rings. The molecule has 2 heterocycles. The van der Waals surface area contributed by atoms with E-state index in [1.165, 1.54) is 16.3 Å². The van der Waals surface area contributed by atoms with E-state index < -0.39 is 5.91 Å². The van der Waals surface area contributed by atoms with Crippen LogP contribution in [0.5, 0.6) is 0 Å². The monoisotopic (exact) mass is 506 g/mol. The summed E-state index contributed by atoms with van der Waals surface area (Å²) in [6.45, 7) is -0.136. The van der Waals surface area contributed by atoms with E-state index in [2.05, 4.69) is 21.6 Å². The van der Waals surface area contributed by atoms with Gasteiger partial charge in [-0.05, 0) is 11.1 Å². The molecule has 0 aliphatic carbocycles. The molecule has 5 rings (SSSR count). The van der Waals surface area contributed by atoms with Gasteiger partial charge in [-0.1, -0.05) is 103 Å². The van der Waals surface area contributed by atoms with E-state index in [9.17, 15) is 10.1 Å². The van der Waals surface area contributed by atoms with Gasteiger partial charge in [0.05, 0.1) is 0 Å². The highest BCUT2D eigenvalue weighted by Gasteiger charge is 2.25. The van der Waals surface area contributed by atoms with Crippen molar-refractivity contribution in [1.82, 2.24) is 14.8 Å². The van der Waals surface area contributed by atoms with Crippen LogP contribution in [0.25, 0.3) is 22.5 Å². The van der Waals surface area contributed by atoms with E-state index in [1.54, 1.807) is 0 Å². The quantitative estimate of drug-likeness (QED) is 0.263. The lowest BCUT2D eigenvalue weighted by Gasteiger charge is -2.08. The number of amides is 1. The van der Waals surface area contributed by atoms with Crippen molar-refractivity contribution in [2.75, 3.05) is 11.1 Å². The Labute approximate surface area is 217 Å². The second-order valence-corrected chi connectivity index (χ2v) is 9.05. The standard InChI is InChI=1S/C28H22N6O2S/c29-16-22-24(20-12-6-2-7-13-20)25(21-14-8-3-9-15-21)36-26(22)31-23(35)17-34-27(30)32-33-28(34)37-18-19-10-4-1-5-11-19/h1-15H,17-18H2,(H2,30,32)(H,31,35). The van der Waals surface area contributed by atoms with Gasteiger partial charge >= 0.3 is 0 Å².